The van der Waals surface area contributed by atoms with Gasteiger partial charge in [0.05, 0.1) is 16.6 Å². The normalized spacial score (nSPS) is 10.9. The lowest BCUT2D eigenvalue weighted by atomic mass is 10.1. The number of nitrogens with zero attached hydrogens (tertiary/aromatic N) is 2. The predicted molar refractivity (Wildman–Crippen MR) is 125 cm³/mol. The number of hydrogen-bond acceptors (Lipinski definition) is 3. The maximum atomic E-state index is 14.1. The number of carbonyl (C=O) groups is 1. The van der Waals surface area contributed by atoms with E-state index in [0.717, 1.165) is 10.1 Å². The molecule has 0 unspecified atom stereocenters. The Morgan fingerprint density at radius 2 is 1.66 bits per heavy atom. The van der Waals surface area contributed by atoms with E-state index < -0.39 is 23.0 Å². The lowest BCUT2D eigenvalue weighted by molar-refractivity contribution is -0.116. The van der Waals surface area contributed by atoms with Crippen LogP contribution in [0.15, 0.2) is 86.9 Å². The summed E-state index contributed by atoms with van der Waals surface area (Å²) in [5, 5.41) is 2.82. The van der Waals surface area contributed by atoms with E-state index in [1.807, 2.05) is 30.3 Å². The smallest absolute Gasteiger partial charge is 0.322 e. The first-order chi connectivity index (χ1) is 15.4. The topological polar surface area (TPSA) is 73.1 Å². The predicted octanol–water partition coefficient (Wildman–Crippen LogP) is 3.95. The Bertz CT molecular complexity index is 1410. The number of anilines is 1. The molecule has 1 aromatic heterocycles. The maximum Gasteiger partial charge on any atom is 0.331 e. The van der Waals surface area contributed by atoms with E-state index in [9.17, 15) is 18.8 Å². The molecule has 0 aliphatic heterocycles. The first kappa shape index (κ1) is 21.7. The summed E-state index contributed by atoms with van der Waals surface area (Å²) < 4.78 is 17.0. The van der Waals surface area contributed by atoms with Crippen LogP contribution in [0.2, 0.25) is 0 Å². The van der Waals surface area contributed by atoms with Crippen LogP contribution in [0, 0.1) is 5.82 Å². The molecule has 0 saturated heterocycles. The number of para-hydroxylation sites is 1. The Morgan fingerprint density at radius 1 is 0.938 bits per heavy atom. The molecule has 0 atom stereocenters. The summed E-state index contributed by atoms with van der Waals surface area (Å²) in [4.78, 5) is 38.8. The first-order valence-electron chi connectivity index (χ1n) is 9.95. The van der Waals surface area contributed by atoms with Crippen molar-refractivity contribution in [2.24, 2.45) is 0 Å². The average Bonchev–Trinajstić information content (AvgIpc) is 2.79. The Balaban J connectivity index is 1.69. The van der Waals surface area contributed by atoms with Crippen molar-refractivity contribution in [2.45, 2.75) is 19.5 Å². The molecule has 32 heavy (non-hydrogen) atoms. The molecule has 1 amide bonds. The molecular weight excluding hydrogens is 477 g/mol. The maximum absolute atomic E-state index is 14.1. The van der Waals surface area contributed by atoms with Gasteiger partial charge < -0.3 is 5.32 Å². The van der Waals surface area contributed by atoms with Gasteiger partial charge in [-0.2, -0.15) is 0 Å². The molecule has 0 aliphatic carbocycles. The van der Waals surface area contributed by atoms with Crippen LogP contribution in [-0.2, 0) is 24.3 Å². The minimum absolute atomic E-state index is 0.00736. The fourth-order valence-corrected chi connectivity index (χ4v) is 3.86. The summed E-state index contributed by atoms with van der Waals surface area (Å²) in [5.41, 5.74) is 0.355. The molecule has 0 aliphatic rings. The molecule has 4 aromatic rings. The van der Waals surface area contributed by atoms with Crippen LogP contribution in [0.25, 0.3) is 10.9 Å². The van der Waals surface area contributed by atoms with Gasteiger partial charge in [0.2, 0.25) is 5.91 Å². The average molecular weight is 496 g/mol. The molecule has 0 bridgehead atoms. The van der Waals surface area contributed by atoms with Crippen molar-refractivity contribution < 1.29 is 9.18 Å². The molecule has 1 heterocycles. The van der Waals surface area contributed by atoms with Gasteiger partial charge in [-0.25, -0.2) is 9.18 Å². The quantitative estimate of drug-likeness (QED) is 0.440. The Hall–Kier alpha value is -3.52. The highest BCUT2D eigenvalue weighted by molar-refractivity contribution is 9.10. The van der Waals surface area contributed by atoms with E-state index >= 15 is 0 Å². The Kier molecular flexibility index (Phi) is 6.32. The van der Waals surface area contributed by atoms with Crippen LogP contribution >= 0.6 is 15.9 Å². The first-order valence-corrected chi connectivity index (χ1v) is 10.7. The van der Waals surface area contributed by atoms with Crippen molar-refractivity contribution >= 4 is 38.4 Å². The van der Waals surface area contributed by atoms with Crippen LogP contribution < -0.4 is 16.6 Å². The van der Waals surface area contributed by atoms with Gasteiger partial charge in [-0.05, 0) is 42.3 Å². The zero-order valence-corrected chi connectivity index (χ0v) is 18.5. The summed E-state index contributed by atoms with van der Waals surface area (Å²) in [6, 6.07) is 20.4. The van der Waals surface area contributed by atoms with Gasteiger partial charge in [0, 0.05) is 11.0 Å². The van der Waals surface area contributed by atoms with E-state index in [1.54, 1.807) is 30.3 Å². The number of rotatable bonds is 6. The number of carbonyl (C=O) groups excluding carboxylic acids is 1. The van der Waals surface area contributed by atoms with E-state index in [-0.39, 0.29) is 18.8 Å². The third kappa shape index (κ3) is 4.55. The van der Waals surface area contributed by atoms with Gasteiger partial charge in [-0.15, -0.1) is 0 Å². The van der Waals surface area contributed by atoms with Crippen molar-refractivity contribution in [3.63, 3.8) is 0 Å². The SMILES string of the molecule is O=C(Cn1c(=O)n(CCc2ccccc2)c(=O)c2ccccc21)Nc1ccc(Br)cc1F. The molecule has 8 heteroatoms. The van der Waals surface area contributed by atoms with Gasteiger partial charge in [0.25, 0.3) is 5.56 Å². The number of nitrogens with one attached hydrogen (secondary N) is 1. The molecule has 0 saturated carbocycles. The van der Waals surface area contributed by atoms with Crippen LogP contribution in [0.5, 0.6) is 0 Å². The van der Waals surface area contributed by atoms with Crippen LogP contribution in [0.4, 0.5) is 10.1 Å². The highest BCUT2D eigenvalue weighted by Crippen LogP contribution is 2.19. The molecule has 162 valence electrons. The molecule has 1 N–H and O–H groups in total. The lowest BCUT2D eigenvalue weighted by Gasteiger charge is -2.14. The zero-order chi connectivity index (χ0) is 22.7. The van der Waals surface area contributed by atoms with Crippen LogP contribution in [-0.4, -0.2) is 15.0 Å². The van der Waals surface area contributed by atoms with Gasteiger partial charge in [-0.3, -0.25) is 18.7 Å². The van der Waals surface area contributed by atoms with Crippen molar-refractivity contribution in [3.8, 4) is 0 Å². The summed E-state index contributed by atoms with van der Waals surface area (Å²) in [7, 11) is 0. The molecular formula is C24H19BrFN3O3. The second kappa shape index (κ2) is 9.32. The third-order valence-corrected chi connectivity index (χ3v) is 5.60. The number of hydrogen-bond donors (Lipinski definition) is 1. The van der Waals surface area contributed by atoms with Crippen LogP contribution in [0.1, 0.15) is 5.56 Å². The van der Waals surface area contributed by atoms with Crippen molar-refractivity contribution in [3.05, 3.63) is 109 Å². The van der Waals surface area contributed by atoms with Gasteiger partial charge in [0.1, 0.15) is 12.4 Å². The van der Waals surface area contributed by atoms with Gasteiger partial charge in [0.15, 0.2) is 0 Å². The van der Waals surface area contributed by atoms with Crippen molar-refractivity contribution in [2.75, 3.05) is 5.32 Å². The number of aryl methyl sites for hydroxylation is 1. The third-order valence-electron chi connectivity index (χ3n) is 5.11. The summed E-state index contributed by atoms with van der Waals surface area (Å²) in [6.07, 6.45) is 0.491. The van der Waals surface area contributed by atoms with E-state index in [1.165, 1.54) is 16.7 Å². The molecule has 0 spiro atoms. The number of benzene rings is 3. The number of halogens is 2. The van der Waals surface area contributed by atoms with E-state index in [4.69, 9.17) is 0 Å². The Morgan fingerprint density at radius 3 is 2.41 bits per heavy atom. The molecule has 0 fully saturated rings. The second-order valence-corrected chi connectivity index (χ2v) is 8.17. The zero-order valence-electron chi connectivity index (χ0n) is 16.9. The monoisotopic (exact) mass is 495 g/mol. The van der Waals surface area contributed by atoms with Gasteiger partial charge in [-0.1, -0.05) is 58.4 Å². The summed E-state index contributed by atoms with van der Waals surface area (Å²) >= 11 is 3.17. The minimum Gasteiger partial charge on any atom is -0.322 e. The lowest BCUT2D eigenvalue weighted by Crippen LogP contribution is -2.42. The Labute approximate surface area is 191 Å². The molecule has 3 aromatic carbocycles. The molecule has 4 rings (SSSR count). The summed E-state index contributed by atoms with van der Waals surface area (Å²) in [5.74, 6) is -1.18. The molecule has 0 radical (unpaired) electrons. The molecule has 6 nitrogen and oxygen atoms in total. The largest absolute Gasteiger partial charge is 0.331 e. The fourth-order valence-electron chi connectivity index (χ4n) is 3.53. The van der Waals surface area contributed by atoms with E-state index in [0.29, 0.717) is 21.8 Å². The second-order valence-electron chi connectivity index (χ2n) is 7.25. The number of aromatic nitrogens is 2. The fraction of sp³-hybridized carbons (Fsp3) is 0.125. The highest BCUT2D eigenvalue weighted by atomic mass is 79.9. The summed E-state index contributed by atoms with van der Waals surface area (Å²) in [6.45, 7) is -0.185. The standard InChI is InChI=1S/C24H19BrFN3O3/c25-17-10-11-20(19(26)14-17)27-22(30)15-29-21-9-5-4-8-18(21)23(31)28(24(29)32)13-12-16-6-2-1-3-7-16/h1-11,14H,12-13,15H2,(H,27,30). The highest BCUT2D eigenvalue weighted by Gasteiger charge is 2.16. The van der Waals surface area contributed by atoms with E-state index in [2.05, 4.69) is 21.2 Å². The number of amides is 1. The number of fused-ring (bicyclic) bond motifs is 1. The van der Waals surface area contributed by atoms with Crippen LogP contribution in [0.3, 0.4) is 0 Å². The minimum atomic E-state index is -0.599. The van der Waals surface area contributed by atoms with Crippen molar-refractivity contribution in [1.82, 2.24) is 9.13 Å². The van der Waals surface area contributed by atoms with Gasteiger partial charge >= 0.3 is 5.69 Å². The van der Waals surface area contributed by atoms with Crippen molar-refractivity contribution in [1.29, 1.82) is 0 Å².